The molecule has 2 aromatic carbocycles. The van der Waals surface area contributed by atoms with Crippen LogP contribution in [-0.2, 0) is 21.2 Å². The Hall–Kier alpha value is -2.38. The summed E-state index contributed by atoms with van der Waals surface area (Å²) in [5, 5.41) is 3.06. The van der Waals surface area contributed by atoms with Crippen molar-refractivity contribution in [1.82, 2.24) is 10.0 Å². The maximum absolute atomic E-state index is 13.2. The third kappa shape index (κ3) is 5.83. The summed E-state index contributed by atoms with van der Waals surface area (Å²) in [5.41, 5.74) is 1.68. The van der Waals surface area contributed by atoms with Crippen molar-refractivity contribution >= 4 is 15.9 Å². The molecule has 6 nitrogen and oxygen atoms in total. The molecule has 0 spiro atoms. The van der Waals surface area contributed by atoms with Gasteiger partial charge in [0.15, 0.2) is 0 Å². The first-order chi connectivity index (χ1) is 14.4. The molecule has 0 bridgehead atoms. The van der Waals surface area contributed by atoms with Gasteiger partial charge in [-0.25, -0.2) is 8.42 Å². The van der Waals surface area contributed by atoms with Crippen LogP contribution in [0.3, 0.4) is 0 Å². The lowest BCUT2D eigenvalue weighted by atomic mass is 9.95. The van der Waals surface area contributed by atoms with Crippen molar-refractivity contribution in [3.8, 4) is 5.75 Å². The standard InChI is InChI=1S/C23H30N2O4S/c1-17-13-14-21(29-2)22(15-17)30(27,28)25-20(16-18-9-5-3-6-10-18)23(26)24-19-11-7-4-8-12-19/h3,5-6,9-10,13-15,19-20,25H,4,7-8,11-12,16H2,1-2H3,(H,24,26)/t20-/m0/s1. The number of nitrogens with one attached hydrogen (secondary N) is 2. The number of hydrogen-bond acceptors (Lipinski definition) is 4. The fourth-order valence-electron chi connectivity index (χ4n) is 3.83. The maximum atomic E-state index is 13.2. The number of amides is 1. The summed E-state index contributed by atoms with van der Waals surface area (Å²) in [7, 11) is -2.54. The normalized spacial score (nSPS) is 16.1. The Morgan fingerprint density at radius 2 is 1.80 bits per heavy atom. The zero-order valence-electron chi connectivity index (χ0n) is 17.6. The summed E-state index contributed by atoms with van der Waals surface area (Å²) in [6, 6.07) is 13.6. The molecule has 3 rings (SSSR count). The van der Waals surface area contributed by atoms with Gasteiger partial charge in [-0.2, -0.15) is 4.72 Å². The van der Waals surface area contributed by atoms with E-state index in [4.69, 9.17) is 4.74 Å². The van der Waals surface area contributed by atoms with Gasteiger partial charge in [0.25, 0.3) is 0 Å². The average Bonchev–Trinajstić information content (AvgIpc) is 2.74. The number of benzene rings is 2. The number of hydrogen-bond donors (Lipinski definition) is 2. The molecule has 0 saturated heterocycles. The fourth-order valence-corrected chi connectivity index (χ4v) is 5.28. The molecular weight excluding hydrogens is 400 g/mol. The van der Waals surface area contributed by atoms with Gasteiger partial charge in [0, 0.05) is 6.04 Å². The zero-order valence-corrected chi connectivity index (χ0v) is 18.4. The molecule has 0 aliphatic heterocycles. The number of aryl methyl sites for hydroxylation is 1. The Morgan fingerprint density at radius 3 is 2.47 bits per heavy atom. The van der Waals surface area contributed by atoms with Crippen LogP contribution >= 0.6 is 0 Å². The molecule has 1 aliphatic rings. The molecule has 162 valence electrons. The summed E-state index contributed by atoms with van der Waals surface area (Å²) in [4.78, 5) is 13.1. The summed E-state index contributed by atoms with van der Waals surface area (Å²) < 4.78 is 34.3. The fraction of sp³-hybridized carbons (Fsp3) is 0.435. The second-order valence-corrected chi connectivity index (χ2v) is 9.54. The number of rotatable bonds is 8. The van der Waals surface area contributed by atoms with Crippen LogP contribution in [0.4, 0.5) is 0 Å². The Bertz CT molecular complexity index is 954. The molecule has 0 heterocycles. The molecule has 2 N–H and O–H groups in total. The van der Waals surface area contributed by atoms with Crippen molar-refractivity contribution in [2.24, 2.45) is 0 Å². The molecule has 1 saturated carbocycles. The van der Waals surface area contributed by atoms with E-state index in [1.807, 2.05) is 37.3 Å². The average molecular weight is 431 g/mol. The number of methoxy groups -OCH3 is 1. The van der Waals surface area contributed by atoms with E-state index < -0.39 is 16.1 Å². The van der Waals surface area contributed by atoms with Crippen LogP contribution in [0.5, 0.6) is 5.75 Å². The van der Waals surface area contributed by atoms with Gasteiger partial charge in [0.1, 0.15) is 16.7 Å². The topological polar surface area (TPSA) is 84.5 Å². The zero-order chi connectivity index (χ0) is 21.6. The predicted molar refractivity (Wildman–Crippen MR) is 117 cm³/mol. The predicted octanol–water partition coefficient (Wildman–Crippen LogP) is 3.34. The maximum Gasteiger partial charge on any atom is 0.244 e. The molecule has 30 heavy (non-hydrogen) atoms. The highest BCUT2D eigenvalue weighted by Crippen LogP contribution is 2.25. The SMILES string of the molecule is COc1ccc(C)cc1S(=O)(=O)N[C@@H](Cc1ccccc1)C(=O)NC1CCCCC1. The van der Waals surface area contributed by atoms with Gasteiger partial charge in [-0.1, -0.05) is 55.7 Å². The molecule has 0 radical (unpaired) electrons. The van der Waals surface area contributed by atoms with E-state index in [9.17, 15) is 13.2 Å². The quantitative estimate of drug-likeness (QED) is 0.673. The summed E-state index contributed by atoms with van der Waals surface area (Å²) in [5.74, 6) is -0.0415. The van der Waals surface area contributed by atoms with E-state index in [0.717, 1.165) is 36.8 Å². The van der Waals surface area contributed by atoms with Crippen LogP contribution in [0.25, 0.3) is 0 Å². The van der Waals surface area contributed by atoms with Crippen molar-refractivity contribution in [2.75, 3.05) is 7.11 Å². The monoisotopic (exact) mass is 430 g/mol. The minimum absolute atomic E-state index is 0.0357. The first kappa shape index (κ1) is 22.3. The van der Waals surface area contributed by atoms with Gasteiger partial charge < -0.3 is 10.1 Å². The van der Waals surface area contributed by atoms with Gasteiger partial charge in [-0.05, 0) is 49.4 Å². The Morgan fingerprint density at radius 1 is 1.10 bits per heavy atom. The van der Waals surface area contributed by atoms with Crippen LogP contribution in [0.1, 0.15) is 43.2 Å². The van der Waals surface area contributed by atoms with Crippen molar-refractivity contribution in [3.63, 3.8) is 0 Å². The van der Waals surface area contributed by atoms with Crippen LogP contribution in [-0.4, -0.2) is 33.5 Å². The lowest BCUT2D eigenvalue weighted by Crippen LogP contribution is -2.51. The molecule has 1 amide bonds. The highest BCUT2D eigenvalue weighted by atomic mass is 32.2. The smallest absolute Gasteiger partial charge is 0.244 e. The van der Waals surface area contributed by atoms with E-state index in [-0.39, 0.29) is 29.0 Å². The third-order valence-electron chi connectivity index (χ3n) is 5.46. The molecule has 1 atom stereocenters. The molecule has 7 heteroatoms. The first-order valence-electron chi connectivity index (χ1n) is 10.4. The number of ether oxygens (including phenoxy) is 1. The van der Waals surface area contributed by atoms with Gasteiger partial charge >= 0.3 is 0 Å². The van der Waals surface area contributed by atoms with E-state index >= 15 is 0 Å². The van der Waals surface area contributed by atoms with E-state index in [1.54, 1.807) is 18.2 Å². The van der Waals surface area contributed by atoms with E-state index in [2.05, 4.69) is 10.0 Å². The minimum atomic E-state index is -3.97. The molecule has 0 aromatic heterocycles. The van der Waals surface area contributed by atoms with Crippen LogP contribution in [0.2, 0.25) is 0 Å². The highest BCUT2D eigenvalue weighted by molar-refractivity contribution is 7.89. The van der Waals surface area contributed by atoms with Crippen molar-refractivity contribution in [3.05, 3.63) is 59.7 Å². The Kier molecular flexibility index (Phi) is 7.50. The van der Waals surface area contributed by atoms with E-state index in [1.165, 1.54) is 13.5 Å². The van der Waals surface area contributed by atoms with Crippen LogP contribution in [0.15, 0.2) is 53.4 Å². The van der Waals surface area contributed by atoms with E-state index in [0.29, 0.717) is 0 Å². The van der Waals surface area contributed by atoms with Gasteiger partial charge in [-0.3, -0.25) is 4.79 Å². The van der Waals surface area contributed by atoms with Crippen LogP contribution < -0.4 is 14.8 Å². The summed E-state index contributed by atoms with van der Waals surface area (Å²) in [6.07, 6.45) is 5.48. The van der Waals surface area contributed by atoms with Gasteiger partial charge in [-0.15, -0.1) is 0 Å². The van der Waals surface area contributed by atoms with Crippen molar-refractivity contribution in [2.45, 2.75) is 62.4 Å². The molecule has 2 aromatic rings. The number of carbonyl (C=O) groups excluding carboxylic acids is 1. The highest BCUT2D eigenvalue weighted by Gasteiger charge is 2.29. The first-order valence-corrected chi connectivity index (χ1v) is 11.9. The van der Waals surface area contributed by atoms with Gasteiger partial charge in [0.2, 0.25) is 15.9 Å². The second kappa shape index (κ2) is 10.1. The molecular formula is C23H30N2O4S. The second-order valence-electron chi connectivity index (χ2n) is 7.86. The van der Waals surface area contributed by atoms with Gasteiger partial charge in [0.05, 0.1) is 7.11 Å². The minimum Gasteiger partial charge on any atom is -0.495 e. The van der Waals surface area contributed by atoms with Crippen molar-refractivity contribution < 1.29 is 17.9 Å². The van der Waals surface area contributed by atoms with Crippen molar-refractivity contribution in [1.29, 1.82) is 0 Å². The summed E-state index contributed by atoms with van der Waals surface area (Å²) in [6.45, 7) is 1.82. The number of carbonyl (C=O) groups is 1. The lowest BCUT2D eigenvalue weighted by Gasteiger charge is -2.26. The lowest BCUT2D eigenvalue weighted by molar-refractivity contribution is -0.123. The third-order valence-corrected chi connectivity index (χ3v) is 6.95. The number of sulfonamides is 1. The summed E-state index contributed by atoms with van der Waals surface area (Å²) >= 11 is 0. The van der Waals surface area contributed by atoms with Crippen LogP contribution in [0, 0.1) is 6.92 Å². The largest absolute Gasteiger partial charge is 0.495 e. The molecule has 1 aliphatic carbocycles. The molecule has 0 unspecified atom stereocenters. The Labute approximate surface area is 179 Å². The molecule has 1 fully saturated rings. The Balaban J connectivity index is 1.85.